The molecule has 0 saturated carbocycles. The Labute approximate surface area is 151 Å². The lowest BCUT2D eigenvalue weighted by atomic mass is 10.2. The molecule has 7 heteroatoms. The van der Waals surface area contributed by atoms with Gasteiger partial charge in [-0.3, -0.25) is 9.30 Å². The SMILES string of the molecule is C=CCCCN(C)C(=NC)NCCS(=O)(=O)N1CCc2ccccc21. The number of sulfonamides is 1. The van der Waals surface area contributed by atoms with Gasteiger partial charge in [-0.1, -0.05) is 24.3 Å². The third-order valence-electron chi connectivity index (χ3n) is 4.30. The highest BCUT2D eigenvalue weighted by Crippen LogP contribution is 2.29. The molecule has 25 heavy (non-hydrogen) atoms. The molecule has 1 aliphatic rings. The van der Waals surface area contributed by atoms with E-state index in [1.165, 1.54) is 4.31 Å². The first-order valence-electron chi connectivity index (χ1n) is 8.60. The lowest BCUT2D eigenvalue weighted by molar-refractivity contribution is 0.471. The minimum absolute atomic E-state index is 0.0425. The van der Waals surface area contributed by atoms with Gasteiger partial charge in [-0.15, -0.1) is 6.58 Å². The van der Waals surface area contributed by atoms with Gasteiger partial charge in [0.25, 0.3) is 0 Å². The fraction of sp³-hybridized carbons (Fsp3) is 0.500. The van der Waals surface area contributed by atoms with E-state index in [1.807, 2.05) is 42.3 Å². The van der Waals surface area contributed by atoms with Gasteiger partial charge in [0.05, 0.1) is 11.4 Å². The fourth-order valence-electron chi connectivity index (χ4n) is 2.96. The maximum absolute atomic E-state index is 12.7. The number of unbranched alkanes of at least 4 members (excludes halogenated alkanes) is 1. The summed E-state index contributed by atoms with van der Waals surface area (Å²) in [7, 11) is 0.314. The Balaban J connectivity index is 1.89. The van der Waals surface area contributed by atoms with Crippen LogP contribution in [0.25, 0.3) is 0 Å². The van der Waals surface area contributed by atoms with E-state index in [2.05, 4.69) is 16.9 Å². The number of hydrogen-bond donors (Lipinski definition) is 1. The molecule has 1 heterocycles. The van der Waals surface area contributed by atoms with Crippen LogP contribution in [0, 0.1) is 0 Å². The molecule has 6 nitrogen and oxygen atoms in total. The topological polar surface area (TPSA) is 65.0 Å². The minimum atomic E-state index is -3.34. The van der Waals surface area contributed by atoms with Gasteiger partial charge in [-0.25, -0.2) is 8.42 Å². The second-order valence-electron chi connectivity index (χ2n) is 6.09. The zero-order valence-electron chi connectivity index (χ0n) is 15.1. The second kappa shape index (κ2) is 8.89. The maximum atomic E-state index is 12.7. The van der Waals surface area contributed by atoms with Crippen molar-refractivity contribution in [3.8, 4) is 0 Å². The number of guanidine groups is 1. The molecule has 0 aliphatic carbocycles. The number of benzene rings is 1. The van der Waals surface area contributed by atoms with Crippen LogP contribution in [0.5, 0.6) is 0 Å². The van der Waals surface area contributed by atoms with E-state index < -0.39 is 10.0 Å². The number of nitrogens with one attached hydrogen (secondary N) is 1. The van der Waals surface area contributed by atoms with Crippen LogP contribution in [0.15, 0.2) is 41.9 Å². The van der Waals surface area contributed by atoms with E-state index >= 15 is 0 Å². The monoisotopic (exact) mass is 364 g/mol. The van der Waals surface area contributed by atoms with Crippen molar-refractivity contribution in [2.75, 3.05) is 43.8 Å². The molecular formula is C18H28N4O2S. The normalized spacial score (nSPS) is 14.3. The van der Waals surface area contributed by atoms with Crippen LogP contribution >= 0.6 is 0 Å². The number of para-hydroxylation sites is 1. The van der Waals surface area contributed by atoms with Crippen molar-refractivity contribution in [1.82, 2.24) is 10.2 Å². The molecule has 1 aliphatic heterocycles. The van der Waals surface area contributed by atoms with Crippen LogP contribution in [0.1, 0.15) is 18.4 Å². The van der Waals surface area contributed by atoms with Crippen molar-refractivity contribution in [2.24, 2.45) is 4.99 Å². The molecule has 138 valence electrons. The summed E-state index contributed by atoms with van der Waals surface area (Å²) < 4.78 is 26.9. The lowest BCUT2D eigenvalue weighted by Crippen LogP contribution is -2.43. The minimum Gasteiger partial charge on any atom is -0.355 e. The Morgan fingerprint density at radius 3 is 2.92 bits per heavy atom. The molecule has 0 saturated heterocycles. The van der Waals surface area contributed by atoms with Gasteiger partial charge >= 0.3 is 0 Å². The Bertz CT molecular complexity index is 716. The van der Waals surface area contributed by atoms with Crippen molar-refractivity contribution in [2.45, 2.75) is 19.3 Å². The van der Waals surface area contributed by atoms with E-state index in [-0.39, 0.29) is 5.75 Å². The molecule has 0 spiro atoms. The largest absolute Gasteiger partial charge is 0.355 e. The number of rotatable bonds is 8. The lowest BCUT2D eigenvalue weighted by Gasteiger charge is -2.23. The quantitative estimate of drug-likeness (QED) is 0.331. The maximum Gasteiger partial charge on any atom is 0.236 e. The van der Waals surface area contributed by atoms with Crippen LogP contribution in [-0.4, -0.2) is 58.8 Å². The third kappa shape index (κ3) is 4.98. The zero-order valence-corrected chi connectivity index (χ0v) is 15.9. The van der Waals surface area contributed by atoms with Crippen molar-refractivity contribution in [3.05, 3.63) is 42.5 Å². The van der Waals surface area contributed by atoms with Crippen molar-refractivity contribution in [3.63, 3.8) is 0 Å². The molecule has 0 fully saturated rings. The zero-order chi connectivity index (χ0) is 18.3. The first kappa shape index (κ1) is 19.3. The number of hydrogen-bond acceptors (Lipinski definition) is 3. The highest BCUT2D eigenvalue weighted by molar-refractivity contribution is 7.92. The molecule has 1 aromatic carbocycles. The highest BCUT2D eigenvalue weighted by atomic mass is 32.2. The van der Waals surface area contributed by atoms with Gasteiger partial charge in [0.15, 0.2) is 5.96 Å². The fourth-order valence-corrected chi connectivity index (χ4v) is 4.39. The summed E-state index contributed by atoms with van der Waals surface area (Å²) in [6, 6.07) is 7.69. The second-order valence-corrected chi connectivity index (χ2v) is 8.11. The van der Waals surface area contributed by atoms with Gasteiger partial charge in [0.1, 0.15) is 0 Å². The Morgan fingerprint density at radius 2 is 2.20 bits per heavy atom. The summed E-state index contributed by atoms with van der Waals surface area (Å²) in [6.45, 7) is 5.42. The molecule has 0 atom stereocenters. The van der Waals surface area contributed by atoms with E-state index in [0.717, 1.165) is 37.1 Å². The van der Waals surface area contributed by atoms with Crippen LogP contribution in [-0.2, 0) is 16.4 Å². The summed E-state index contributed by atoms with van der Waals surface area (Å²) in [5, 5.41) is 3.14. The third-order valence-corrected chi connectivity index (χ3v) is 6.07. The number of anilines is 1. The summed E-state index contributed by atoms with van der Waals surface area (Å²) in [6.07, 6.45) is 4.61. The van der Waals surface area contributed by atoms with Crippen LogP contribution in [0.4, 0.5) is 5.69 Å². The first-order chi connectivity index (χ1) is 12.0. The molecular weight excluding hydrogens is 336 g/mol. The summed E-state index contributed by atoms with van der Waals surface area (Å²) >= 11 is 0. The number of nitrogens with zero attached hydrogens (tertiary/aromatic N) is 3. The van der Waals surface area contributed by atoms with Crippen LogP contribution in [0.2, 0.25) is 0 Å². The van der Waals surface area contributed by atoms with E-state index in [9.17, 15) is 8.42 Å². The Hall–Kier alpha value is -2.02. The molecule has 2 rings (SSSR count). The average molecular weight is 365 g/mol. The van der Waals surface area contributed by atoms with Gasteiger partial charge in [-0.05, 0) is 30.9 Å². The summed E-state index contributed by atoms with van der Waals surface area (Å²) in [4.78, 5) is 6.22. The molecule has 0 unspecified atom stereocenters. The number of aliphatic imine (C=N–C) groups is 1. The van der Waals surface area contributed by atoms with Crippen LogP contribution < -0.4 is 9.62 Å². The molecule has 1 N–H and O–H groups in total. The first-order valence-corrected chi connectivity index (χ1v) is 10.2. The van der Waals surface area contributed by atoms with E-state index in [4.69, 9.17) is 0 Å². The molecule has 1 aromatic rings. The van der Waals surface area contributed by atoms with Gasteiger partial charge in [-0.2, -0.15) is 0 Å². The Kier molecular flexibility index (Phi) is 6.87. The average Bonchev–Trinajstić information content (AvgIpc) is 3.04. The molecule has 0 aromatic heterocycles. The van der Waals surface area contributed by atoms with Gasteiger partial charge in [0, 0.05) is 33.7 Å². The van der Waals surface area contributed by atoms with Crippen molar-refractivity contribution >= 4 is 21.7 Å². The van der Waals surface area contributed by atoms with Crippen LogP contribution in [0.3, 0.4) is 0 Å². The van der Waals surface area contributed by atoms with E-state index in [1.54, 1.807) is 7.05 Å². The van der Waals surface area contributed by atoms with Gasteiger partial charge < -0.3 is 10.2 Å². The summed E-state index contributed by atoms with van der Waals surface area (Å²) in [5.74, 6) is 0.752. The van der Waals surface area contributed by atoms with Gasteiger partial charge in [0.2, 0.25) is 10.0 Å². The molecule has 0 amide bonds. The number of allylic oxidation sites excluding steroid dienone is 1. The summed E-state index contributed by atoms with van der Waals surface area (Å²) in [5.41, 5.74) is 1.91. The predicted octanol–water partition coefficient (Wildman–Crippen LogP) is 1.85. The smallest absolute Gasteiger partial charge is 0.236 e. The predicted molar refractivity (Wildman–Crippen MR) is 105 cm³/mol. The van der Waals surface area contributed by atoms with E-state index in [0.29, 0.717) is 19.0 Å². The highest BCUT2D eigenvalue weighted by Gasteiger charge is 2.28. The molecule has 0 radical (unpaired) electrons. The van der Waals surface area contributed by atoms with Crippen molar-refractivity contribution < 1.29 is 8.42 Å². The van der Waals surface area contributed by atoms with Crippen molar-refractivity contribution in [1.29, 1.82) is 0 Å². The Morgan fingerprint density at radius 1 is 1.44 bits per heavy atom. The number of fused-ring (bicyclic) bond motifs is 1. The standard InChI is InChI=1S/C18H28N4O2S/c1-4-5-8-13-21(3)18(19-2)20-12-15-25(23,24)22-14-11-16-9-6-7-10-17(16)22/h4,6-7,9-10H,1,5,8,11-15H2,2-3H3,(H,19,20). The molecule has 0 bridgehead atoms.